The standard InChI is InChI=1S/C16H23FO2/c1-5-6-7-13(18)11-16(2,3)14-10-12(17)8-9-15(14)19-4/h8-10H,5-7,11H2,1-4H3. The van der Waals surface area contributed by atoms with Gasteiger partial charge < -0.3 is 4.74 Å². The van der Waals surface area contributed by atoms with Gasteiger partial charge in [0.2, 0.25) is 0 Å². The van der Waals surface area contributed by atoms with Crippen molar-refractivity contribution in [1.82, 2.24) is 0 Å². The Morgan fingerprint density at radius 3 is 2.63 bits per heavy atom. The van der Waals surface area contributed by atoms with Crippen LogP contribution < -0.4 is 4.74 Å². The van der Waals surface area contributed by atoms with E-state index in [1.807, 2.05) is 13.8 Å². The first-order chi connectivity index (χ1) is 8.90. The molecule has 0 aliphatic heterocycles. The molecule has 0 saturated carbocycles. The minimum absolute atomic E-state index is 0.221. The van der Waals surface area contributed by atoms with Gasteiger partial charge in [-0.2, -0.15) is 0 Å². The third-order valence-corrected chi connectivity index (χ3v) is 3.34. The third kappa shape index (κ3) is 4.34. The van der Waals surface area contributed by atoms with E-state index in [4.69, 9.17) is 4.74 Å². The number of methoxy groups -OCH3 is 1. The van der Waals surface area contributed by atoms with Crippen molar-refractivity contribution in [2.24, 2.45) is 0 Å². The number of rotatable bonds is 7. The van der Waals surface area contributed by atoms with E-state index in [0.717, 1.165) is 18.4 Å². The van der Waals surface area contributed by atoms with Crippen LogP contribution in [0.15, 0.2) is 18.2 Å². The number of benzene rings is 1. The molecule has 0 fully saturated rings. The molecule has 0 radical (unpaired) electrons. The second kappa shape index (κ2) is 6.69. The summed E-state index contributed by atoms with van der Waals surface area (Å²) in [6.07, 6.45) is 2.93. The fourth-order valence-electron chi connectivity index (χ4n) is 2.26. The summed E-state index contributed by atoms with van der Waals surface area (Å²) < 4.78 is 18.7. The van der Waals surface area contributed by atoms with E-state index in [-0.39, 0.29) is 11.6 Å². The van der Waals surface area contributed by atoms with Gasteiger partial charge in [-0.25, -0.2) is 4.39 Å². The van der Waals surface area contributed by atoms with Crippen molar-refractivity contribution in [2.75, 3.05) is 7.11 Å². The van der Waals surface area contributed by atoms with Crippen LogP contribution in [0, 0.1) is 5.82 Å². The summed E-state index contributed by atoms with van der Waals surface area (Å²) in [4.78, 5) is 11.9. The second-order valence-corrected chi connectivity index (χ2v) is 5.55. The zero-order valence-corrected chi connectivity index (χ0v) is 12.3. The highest BCUT2D eigenvalue weighted by atomic mass is 19.1. The lowest BCUT2D eigenvalue weighted by Crippen LogP contribution is -2.23. The number of halogens is 1. The van der Waals surface area contributed by atoms with Crippen molar-refractivity contribution >= 4 is 5.78 Å². The quantitative estimate of drug-likeness (QED) is 0.737. The van der Waals surface area contributed by atoms with Gasteiger partial charge in [0, 0.05) is 23.8 Å². The van der Waals surface area contributed by atoms with Crippen molar-refractivity contribution in [2.45, 2.75) is 51.9 Å². The largest absolute Gasteiger partial charge is 0.496 e. The van der Waals surface area contributed by atoms with Crippen molar-refractivity contribution in [3.63, 3.8) is 0 Å². The Hall–Kier alpha value is -1.38. The van der Waals surface area contributed by atoms with Crippen molar-refractivity contribution in [3.8, 4) is 5.75 Å². The molecule has 0 aliphatic carbocycles. The molecule has 0 heterocycles. The zero-order chi connectivity index (χ0) is 14.5. The number of unbranched alkanes of at least 4 members (excludes halogenated alkanes) is 1. The van der Waals surface area contributed by atoms with Crippen LogP contribution in [0.3, 0.4) is 0 Å². The van der Waals surface area contributed by atoms with Crippen LogP contribution in [0.5, 0.6) is 5.75 Å². The molecule has 3 heteroatoms. The summed E-state index contributed by atoms with van der Waals surface area (Å²) >= 11 is 0. The monoisotopic (exact) mass is 266 g/mol. The predicted octanol–water partition coefficient (Wildman–Crippen LogP) is 4.26. The van der Waals surface area contributed by atoms with E-state index in [0.29, 0.717) is 18.6 Å². The molecule has 0 unspecified atom stereocenters. The van der Waals surface area contributed by atoms with Gasteiger partial charge in [0.15, 0.2) is 0 Å². The van der Waals surface area contributed by atoms with Gasteiger partial charge in [-0.3, -0.25) is 4.79 Å². The van der Waals surface area contributed by atoms with Gasteiger partial charge >= 0.3 is 0 Å². The second-order valence-electron chi connectivity index (χ2n) is 5.55. The fourth-order valence-corrected chi connectivity index (χ4v) is 2.26. The van der Waals surface area contributed by atoms with Gasteiger partial charge in [0.05, 0.1) is 7.11 Å². The summed E-state index contributed by atoms with van der Waals surface area (Å²) in [6, 6.07) is 4.45. The number of ether oxygens (including phenoxy) is 1. The van der Waals surface area contributed by atoms with Crippen molar-refractivity contribution in [3.05, 3.63) is 29.6 Å². The molecule has 1 aromatic rings. The number of carbonyl (C=O) groups is 1. The molecule has 0 aliphatic rings. The molecule has 0 bridgehead atoms. The Morgan fingerprint density at radius 2 is 2.05 bits per heavy atom. The summed E-state index contributed by atoms with van der Waals surface area (Å²) in [5.41, 5.74) is 0.331. The van der Waals surface area contributed by atoms with Gasteiger partial charge in [-0.1, -0.05) is 27.2 Å². The van der Waals surface area contributed by atoms with Crippen LogP contribution in [-0.2, 0) is 10.2 Å². The highest BCUT2D eigenvalue weighted by Gasteiger charge is 2.27. The maximum absolute atomic E-state index is 13.4. The Kier molecular flexibility index (Phi) is 5.52. The first-order valence-corrected chi connectivity index (χ1v) is 6.76. The van der Waals surface area contributed by atoms with E-state index < -0.39 is 5.41 Å². The fraction of sp³-hybridized carbons (Fsp3) is 0.562. The van der Waals surface area contributed by atoms with Gasteiger partial charge in [0.25, 0.3) is 0 Å². The minimum atomic E-state index is -0.418. The Labute approximate surface area is 115 Å². The number of carbonyl (C=O) groups excluding carboxylic acids is 1. The summed E-state index contributed by atoms with van der Waals surface area (Å²) in [7, 11) is 1.56. The molecular weight excluding hydrogens is 243 g/mol. The summed E-state index contributed by atoms with van der Waals surface area (Å²) in [6.45, 7) is 5.97. The SMILES string of the molecule is CCCCC(=O)CC(C)(C)c1cc(F)ccc1OC. The van der Waals surface area contributed by atoms with Crippen LogP contribution in [0.2, 0.25) is 0 Å². The van der Waals surface area contributed by atoms with Crippen molar-refractivity contribution in [1.29, 1.82) is 0 Å². The number of ketones is 1. The maximum Gasteiger partial charge on any atom is 0.133 e. The number of hydrogen-bond donors (Lipinski definition) is 0. The van der Waals surface area contributed by atoms with Gasteiger partial charge in [-0.15, -0.1) is 0 Å². The maximum atomic E-state index is 13.4. The molecule has 106 valence electrons. The molecule has 0 N–H and O–H groups in total. The Morgan fingerprint density at radius 1 is 1.37 bits per heavy atom. The molecule has 1 aromatic carbocycles. The first kappa shape index (κ1) is 15.7. The first-order valence-electron chi connectivity index (χ1n) is 6.76. The normalized spacial score (nSPS) is 11.4. The molecular formula is C16H23FO2. The highest BCUT2D eigenvalue weighted by molar-refractivity contribution is 5.80. The molecule has 0 atom stereocenters. The Bertz CT molecular complexity index is 438. The predicted molar refractivity (Wildman–Crippen MR) is 75.1 cm³/mol. The van der Waals surface area contributed by atoms with Crippen LogP contribution in [0.4, 0.5) is 4.39 Å². The zero-order valence-electron chi connectivity index (χ0n) is 12.3. The van der Waals surface area contributed by atoms with E-state index in [9.17, 15) is 9.18 Å². The van der Waals surface area contributed by atoms with E-state index >= 15 is 0 Å². The minimum Gasteiger partial charge on any atom is -0.496 e. The van der Waals surface area contributed by atoms with Crippen LogP contribution in [-0.4, -0.2) is 12.9 Å². The van der Waals surface area contributed by atoms with Crippen molar-refractivity contribution < 1.29 is 13.9 Å². The number of hydrogen-bond acceptors (Lipinski definition) is 2. The lowest BCUT2D eigenvalue weighted by atomic mass is 9.79. The molecule has 0 aromatic heterocycles. The van der Waals surface area contributed by atoms with Crippen LogP contribution in [0.1, 0.15) is 52.0 Å². The molecule has 0 spiro atoms. The van der Waals surface area contributed by atoms with Gasteiger partial charge in [-0.05, 0) is 24.6 Å². The smallest absolute Gasteiger partial charge is 0.133 e. The lowest BCUT2D eigenvalue weighted by Gasteiger charge is -2.26. The lowest BCUT2D eigenvalue weighted by molar-refractivity contribution is -0.120. The van der Waals surface area contributed by atoms with E-state index in [2.05, 4.69) is 6.92 Å². The van der Waals surface area contributed by atoms with Gasteiger partial charge in [0.1, 0.15) is 17.3 Å². The Balaban J connectivity index is 2.92. The topological polar surface area (TPSA) is 26.3 Å². The third-order valence-electron chi connectivity index (χ3n) is 3.34. The molecule has 0 amide bonds. The highest BCUT2D eigenvalue weighted by Crippen LogP contribution is 2.35. The molecule has 19 heavy (non-hydrogen) atoms. The van der Waals surface area contributed by atoms with E-state index in [1.54, 1.807) is 13.2 Å². The average molecular weight is 266 g/mol. The molecule has 0 saturated heterocycles. The van der Waals surface area contributed by atoms with Crippen LogP contribution >= 0.6 is 0 Å². The van der Waals surface area contributed by atoms with E-state index in [1.165, 1.54) is 12.1 Å². The molecule has 1 rings (SSSR count). The summed E-state index contributed by atoms with van der Waals surface area (Å²) in [5.74, 6) is 0.553. The van der Waals surface area contributed by atoms with Crippen LogP contribution in [0.25, 0.3) is 0 Å². The number of Topliss-reactive ketones (excluding diaryl/α,β-unsaturated/α-hetero) is 1. The summed E-state index contributed by atoms with van der Waals surface area (Å²) in [5, 5.41) is 0. The molecule has 2 nitrogen and oxygen atoms in total. The average Bonchev–Trinajstić information content (AvgIpc) is 2.35.